The van der Waals surface area contributed by atoms with E-state index in [1.807, 2.05) is 38.1 Å². The minimum atomic E-state index is -1.05. The van der Waals surface area contributed by atoms with Crippen LogP contribution in [0.4, 0.5) is 0 Å². The van der Waals surface area contributed by atoms with Gasteiger partial charge >= 0.3 is 5.97 Å². The first kappa shape index (κ1) is 18.7. The Morgan fingerprint density at radius 2 is 1.74 bits per heavy atom. The molecule has 2 amide bonds. The van der Waals surface area contributed by atoms with Gasteiger partial charge in [-0.3, -0.25) is 9.59 Å². The average molecular weight is 320 g/mol. The number of carboxylic acids is 1. The van der Waals surface area contributed by atoms with E-state index in [1.54, 1.807) is 0 Å². The predicted molar refractivity (Wildman–Crippen MR) is 86.8 cm³/mol. The topological polar surface area (TPSA) is 95.5 Å². The summed E-state index contributed by atoms with van der Waals surface area (Å²) in [4.78, 5) is 34.6. The fourth-order valence-corrected chi connectivity index (χ4v) is 2.28. The number of carbonyl (C=O) groups excluding carboxylic acids is 2. The first-order valence-electron chi connectivity index (χ1n) is 7.69. The Bertz CT molecular complexity index is 554. The lowest BCUT2D eigenvalue weighted by molar-refractivity contribution is -0.142. The molecule has 0 aliphatic carbocycles. The Hall–Kier alpha value is -2.37. The second-order valence-electron chi connectivity index (χ2n) is 5.61. The van der Waals surface area contributed by atoms with Crippen LogP contribution in [0.1, 0.15) is 50.3 Å². The van der Waals surface area contributed by atoms with Crippen molar-refractivity contribution in [3.05, 3.63) is 35.4 Å². The number of aliphatic carboxylic acids is 1. The Labute approximate surface area is 136 Å². The molecule has 126 valence electrons. The van der Waals surface area contributed by atoms with E-state index in [9.17, 15) is 14.4 Å². The third kappa shape index (κ3) is 6.50. The fourth-order valence-electron chi connectivity index (χ4n) is 2.28. The lowest BCUT2D eigenvalue weighted by Gasteiger charge is -2.20. The number of hydrogen-bond acceptors (Lipinski definition) is 3. The molecule has 6 heteroatoms. The minimum Gasteiger partial charge on any atom is -0.480 e. The van der Waals surface area contributed by atoms with Gasteiger partial charge in [-0.05, 0) is 18.9 Å². The quantitative estimate of drug-likeness (QED) is 0.682. The number of aryl methyl sites for hydroxylation is 1. The van der Waals surface area contributed by atoms with Crippen LogP contribution < -0.4 is 10.6 Å². The number of benzene rings is 1. The first-order chi connectivity index (χ1) is 10.8. The van der Waals surface area contributed by atoms with Gasteiger partial charge in [-0.1, -0.05) is 43.2 Å². The molecule has 0 heterocycles. The summed E-state index contributed by atoms with van der Waals surface area (Å²) in [5.41, 5.74) is 1.89. The summed E-state index contributed by atoms with van der Waals surface area (Å²) in [6.45, 7) is 5.19. The monoisotopic (exact) mass is 320 g/mol. The van der Waals surface area contributed by atoms with E-state index in [0.29, 0.717) is 12.8 Å². The molecule has 0 bridgehead atoms. The van der Waals surface area contributed by atoms with Crippen LogP contribution in [0.25, 0.3) is 0 Å². The summed E-state index contributed by atoms with van der Waals surface area (Å²) in [6, 6.07) is 6.12. The van der Waals surface area contributed by atoms with Crippen LogP contribution in [0, 0.1) is 6.92 Å². The minimum absolute atomic E-state index is 0.00383. The molecule has 1 rings (SSSR count). The van der Waals surface area contributed by atoms with E-state index >= 15 is 0 Å². The second kappa shape index (κ2) is 8.92. The highest BCUT2D eigenvalue weighted by Crippen LogP contribution is 2.18. The normalized spacial score (nSPS) is 13.0. The zero-order valence-corrected chi connectivity index (χ0v) is 13.8. The van der Waals surface area contributed by atoms with Crippen LogP contribution in [0.5, 0.6) is 0 Å². The van der Waals surface area contributed by atoms with Crippen molar-refractivity contribution in [2.24, 2.45) is 0 Å². The highest BCUT2D eigenvalue weighted by Gasteiger charge is 2.22. The van der Waals surface area contributed by atoms with Gasteiger partial charge in [-0.2, -0.15) is 0 Å². The summed E-state index contributed by atoms with van der Waals surface area (Å²) in [5, 5.41) is 14.3. The maximum Gasteiger partial charge on any atom is 0.326 e. The fraction of sp³-hybridized carbons (Fsp3) is 0.471. The van der Waals surface area contributed by atoms with Gasteiger partial charge in [0.2, 0.25) is 11.8 Å². The van der Waals surface area contributed by atoms with E-state index in [2.05, 4.69) is 10.6 Å². The molecule has 0 saturated heterocycles. The lowest BCUT2D eigenvalue weighted by atomic mass is 10.0. The van der Waals surface area contributed by atoms with Crippen molar-refractivity contribution < 1.29 is 19.5 Å². The largest absolute Gasteiger partial charge is 0.480 e. The molecule has 0 spiro atoms. The van der Waals surface area contributed by atoms with E-state index in [0.717, 1.165) is 11.1 Å². The zero-order chi connectivity index (χ0) is 17.4. The molecule has 1 aromatic carbocycles. The Balaban J connectivity index is 2.80. The molecule has 3 N–H and O–H groups in total. The van der Waals surface area contributed by atoms with Crippen LogP contribution in [-0.2, 0) is 14.4 Å². The molecule has 0 fully saturated rings. The van der Waals surface area contributed by atoms with Crippen molar-refractivity contribution in [3.63, 3.8) is 0 Å². The maximum atomic E-state index is 12.1. The number of carboxylic acid groups (broad SMARTS) is 1. The number of amides is 2. The van der Waals surface area contributed by atoms with Gasteiger partial charge in [-0.15, -0.1) is 0 Å². The Morgan fingerprint density at radius 1 is 1.13 bits per heavy atom. The number of rotatable bonds is 8. The van der Waals surface area contributed by atoms with E-state index < -0.39 is 24.0 Å². The number of hydrogen-bond donors (Lipinski definition) is 3. The molecule has 0 aromatic heterocycles. The van der Waals surface area contributed by atoms with Crippen molar-refractivity contribution >= 4 is 17.8 Å². The SMILES string of the molecule is CCCC(NC(=O)CC(NC(C)=O)c1ccc(C)cc1)C(=O)O. The molecule has 6 nitrogen and oxygen atoms in total. The van der Waals surface area contributed by atoms with E-state index in [1.165, 1.54) is 6.92 Å². The maximum absolute atomic E-state index is 12.1. The molecule has 1 aromatic rings. The molecule has 0 radical (unpaired) electrons. The van der Waals surface area contributed by atoms with Crippen molar-refractivity contribution in [3.8, 4) is 0 Å². The van der Waals surface area contributed by atoms with E-state index in [-0.39, 0.29) is 12.3 Å². The van der Waals surface area contributed by atoms with Crippen LogP contribution in [0.3, 0.4) is 0 Å². The van der Waals surface area contributed by atoms with Gasteiger partial charge in [0.05, 0.1) is 12.5 Å². The summed E-state index contributed by atoms with van der Waals surface area (Å²) in [5.74, 6) is -1.69. The van der Waals surface area contributed by atoms with Crippen molar-refractivity contribution in [2.45, 2.75) is 52.1 Å². The summed E-state index contributed by atoms with van der Waals surface area (Å²) in [7, 11) is 0. The van der Waals surface area contributed by atoms with Crippen LogP contribution in [0.2, 0.25) is 0 Å². The highest BCUT2D eigenvalue weighted by atomic mass is 16.4. The van der Waals surface area contributed by atoms with Gasteiger partial charge < -0.3 is 15.7 Å². The van der Waals surface area contributed by atoms with E-state index in [4.69, 9.17) is 5.11 Å². The smallest absolute Gasteiger partial charge is 0.326 e. The van der Waals surface area contributed by atoms with Gasteiger partial charge in [-0.25, -0.2) is 4.79 Å². The molecule has 0 aliphatic heterocycles. The molecular formula is C17H24N2O4. The van der Waals surface area contributed by atoms with Crippen molar-refractivity contribution in [2.75, 3.05) is 0 Å². The zero-order valence-electron chi connectivity index (χ0n) is 13.8. The molecule has 0 saturated carbocycles. The Morgan fingerprint density at radius 3 is 2.22 bits per heavy atom. The van der Waals surface area contributed by atoms with Crippen LogP contribution >= 0.6 is 0 Å². The van der Waals surface area contributed by atoms with Crippen molar-refractivity contribution in [1.29, 1.82) is 0 Å². The predicted octanol–water partition coefficient (Wildman–Crippen LogP) is 1.93. The van der Waals surface area contributed by atoms with Gasteiger partial charge in [0.1, 0.15) is 6.04 Å². The van der Waals surface area contributed by atoms with Crippen LogP contribution in [0.15, 0.2) is 24.3 Å². The lowest BCUT2D eigenvalue weighted by Crippen LogP contribution is -2.42. The molecule has 2 atom stereocenters. The standard InChI is InChI=1S/C17H24N2O4/c1-4-5-14(17(22)23)19-16(21)10-15(18-12(3)20)13-8-6-11(2)7-9-13/h6-9,14-15H,4-5,10H2,1-3H3,(H,18,20)(H,19,21)(H,22,23). The highest BCUT2D eigenvalue weighted by molar-refractivity contribution is 5.84. The third-order valence-corrected chi connectivity index (χ3v) is 3.46. The molecule has 2 unspecified atom stereocenters. The van der Waals surface area contributed by atoms with Gasteiger partial charge in [0.25, 0.3) is 0 Å². The summed E-state index contributed by atoms with van der Waals surface area (Å²) >= 11 is 0. The van der Waals surface area contributed by atoms with Crippen molar-refractivity contribution in [1.82, 2.24) is 10.6 Å². The van der Waals surface area contributed by atoms with Crippen LogP contribution in [-0.4, -0.2) is 28.9 Å². The Kier molecular flexibility index (Phi) is 7.25. The average Bonchev–Trinajstić information content (AvgIpc) is 2.46. The molecule has 0 aliphatic rings. The summed E-state index contributed by atoms with van der Waals surface area (Å²) in [6.07, 6.45) is 1.02. The molecular weight excluding hydrogens is 296 g/mol. The number of nitrogens with one attached hydrogen (secondary N) is 2. The molecule has 23 heavy (non-hydrogen) atoms. The summed E-state index contributed by atoms with van der Waals surface area (Å²) < 4.78 is 0. The first-order valence-corrected chi connectivity index (χ1v) is 7.69. The number of carbonyl (C=O) groups is 3. The van der Waals surface area contributed by atoms with Gasteiger partial charge in [0.15, 0.2) is 0 Å². The van der Waals surface area contributed by atoms with Gasteiger partial charge in [0, 0.05) is 6.92 Å². The third-order valence-electron chi connectivity index (χ3n) is 3.46. The second-order valence-corrected chi connectivity index (χ2v) is 5.61.